The first-order valence-electron chi connectivity index (χ1n) is 8.16. The predicted octanol–water partition coefficient (Wildman–Crippen LogP) is 4.87. The number of aryl methyl sites for hydroxylation is 1. The monoisotopic (exact) mass is 342 g/mol. The highest BCUT2D eigenvalue weighted by Crippen LogP contribution is 2.22. The molecule has 0 saturated carbocycles. The van der Waals surface area contributed by atoms with Crippen molar-refractivity contribution in [2.45, 2.75) is 6.92 Å². The van der Waals surface area contributed by atoms with E-state index in [-0.39, 0.29) is 5.82 Å². The fourth-order valence-electron chi connectivity index (χ4n) is 2.93. The zero-order valence-corrected chi connectivity index (χ0v) is 14.1. The average Bonchev–Trinajstić information content (AvgIpc) is 3.26. The number of hydrogen-bond donors (Lipinski definition) is 1. The topological polar surface area (TPSA) is 57.4 Å². The van der Waals surface area contributed by atoms with E-state index in [1.165, 1.54) is 6.07 Å². The van der Waals surface area contributed by atoms with Crippen LogP contribution in [0.3, 0.4) is 0 Å². The van der Waals surface area contributed by atoms with Gasteiger partial charge in [0.15, 0.2) is 0 Å². The van der Waals surface area contributed by atoms with E-state index in [1.807, 2.05) is 37.3 Å². The summed E-state index contributed by atoms with van der Waals surface area (Å²) in [5, 5.41) is 9.61. The Hall–Kier alpha value is -3.65. The van der Waals surface area contributed by atoms with Gasteiger partial charge in [0.25, 0.3) is 0 Å². The van der Waals surface area contributed by atoms with E-state index in [9.17, 15) is 9.65 Å². The number of nitriles is 1. The quantitative estimate of drug-likeness (QED) is 0.540. The van der Waals surface area contributed by atoms with Crippen LogP contribution < -0.4 is 0 Å². The van der Waals surface area contributed by atoms with Gasteiger partial charge in [-0.25, -0.2) is 9.37 Å². The maximum atomic E-state index is 14.1. The first-order valence-corrected chi connectivity index (χ1v) is 8.16. The average molecular weight is 342 g/mol. The molecule has 4 aromatic rings. The van der Waals surface area contributed by atoms with E-state index in [1.54, 1.807) is 35.0 Å². The Bertz CT molecular complexity index is 1170. The van der Waals surface area contributed by atoms with Gasteiger partial charge in [0.2, 0.25) is 0 Å². The molecule has 0 aliphatic rings. The number of imidazole rings is 1. The summed E-state index contributed by atoms with van der Waals surface area (Å²) in [6.45, 7) is 2.00. The Morgan fingerprint density at radius 3 is 2.85 bits per heavy atom. The third kappa shape index (κ3) is 2.78. The molecule has 126 valence electrons. The van der Waals surface area contributed by atoms with E-state index in [4.69, 9.17) is 0 Å². The van der Waals surface area contributed by atoms with Crippen LogP contribution in [-0.2, 0) is 0 Å². The summed E-state index contributed by atoms with van der Waals surface area (Å²) in [7, 11) is 0. The molecule has 4 rings (SSSR count). The van der Waals surface area contributed by atoms with Gasteiger partial charge in [0.05, 0.1) is 22.3 Å². The zero-order valence-electron chi connectivity index (χ0n) is 14.1. The van der Waals surface area contributed by atoms with Crippen LogP contribution in [0.5, 0.6) is 0 Å². The Morgan fingerprint density at radius 2 is 2.04 bits per heavy atom. The molecule has 0 aliphatic heterocycles. The maximum Gasteiger partial charge on any atom is 0.149 e. The highest BCUT2D eigenvalue weighted by Gasteiger charge is 2.11. The molecule has 0 spiro atoms. The van der Waals surface area contributed by atoms with Crippen LogP contribution in [0, 0.1) is 24.1 Å². The smallest absolute Gasteiger partial charge is 0.149 e. The lowest BCUT2D eigenvalue weighted by molar-refractivity contribution is 0.618. The summed E-state index contributed by atoms with van der Waals surface area (Å²) < 4.78 is 15.8. The Labute approximate surface area is 149 Å². The highest BCUT2D eigenvalue weighted by molar-refractivity contribution is 5.90. The SMILES string of the molecule is Cc1ccc2nc(C(C#N)=Cc3cccn3-c3ccccc3F)[nH]c2c1. The van der Waals surface area contributed by atoms with Crippen LogP contribution in [0.15, 0.2) is 60.8 Å². The molecule has 0 atom stereocenters. The van der Waals surface area contributed by atoms with Crippen molar-refractivity contribution < 1.29 is 4.39 Å². The van der Waals surface area contributed by atoms with Gasteiger partial charge in [-0.15, -0.1) is 0 Å². The summed E-state index contributed by atoms with van der Waals surface area (Å²) in [6, 6.07) is 18.2. The van der Waals surface area contributed by atoms with E-state index >= 15 is 0 Å². The third-order valence-corrected chi connectivity index (χ3v) is 4.20. The summed E-state index contributed by atoms with van der Waals surface area (Å²) >= 11 is 0. The number of fused-ring (bicyclic) bond motifs is 1. The fraction of sp³-hybridized carbons (Fsp3) is 0.0476. The number of nitrogens with zero attached hydrogens (tertiary/aromatic N) is 3. The number of aromatic nitrogens is 3. The van der Waals surface area contributed by atoms with Gasteiger partial charge < -0.3 is 9.55 Å². The van der Waals surface area contributed by atoms with Gasteiger partial charge >= 0.3 is 0 Å². The molecule has 2 heterocycles. The van der Waals surface area contributed by atoms with E-state index in [0.717, 1.165) is 16.6 Å². The molecule has 4 nitrogen and oxygen atoms in total. The first-order chi connectivity index (χ1) is 12.7. The second kappa shape index (κ2) is 6.34. The number of nitrogens with one attached hydrogen (secondary N) is 1. The Morgan fingerprint density at radius 1 is 1.19 bits per heavy atom. The molecule has 5 heteroatoms. The van der Waals surface area contributed by atoms with Crippen molar-refractivity contribution in [3.8, 4) is 11.8 Å². The number of para-hydroxylation sites is 1. The molecular weight excluding hydrogens is 327 g/mol. The van der Waals surface area contributed by atoms with E-state index < -0.39 is 0 Å². The summed E-state index contributed by atoms with van der Waals surface area (Å²) in [4.78, 5) is 7.68. The van der Waals surface area contributed by atoms with Crippen molar-refractivity contribution in [1.29, 1.82) is 5.26 Å². The summed E-state index contributed by atoms with van der Waals surface area (Å²) in [5.74, 6) is 0.172. The lowest BCUT2D eigenvalue weighted by Gasteiger charge is -2.07. The minimum atomic E-state index is -0.323. The van der Waals surface area contributed by atoms with Crippen LogP contribution in [0.4, 0.5) is 4.39 Å². The van der Waals surface area contributed by atoms with Crippen molar-refractivity contribution in [2.75, 3.05) is 0 Å². The van der Waals surface area contributed by atoms with Gasteiger partial charge in [0.1, 0.15) is 17.7 Å². The maximum absolute atomic E-state index is 14.1. The molecule has 0 bridgehead atoms. The molecule has 0 amide bonds. The number of aromatic amines is 1. The minimum Gasteiger partial charge on any atom is -0.337 e. The van der Waals surface area contributed by atoms with Gasteiger partial charge in [0, 0.05) is 11.9 Å². The van der Waals surface area contributed by atoms with Crippen molar-refractivity contribution >= 4 is 22.7 Å². The van der Waals surface area contributed by atoms with Crippen molar-refractivity contribution in [2.24, 2.45) is 0 Å². The van der Waals surface area contributed by atoms with Crippen molar-refractivity contribution in [3.05, 3.63) is 83.7 Å². The molecule has 0 unspecified atom stereocenters. The first kappa shape index (κ1) is 15.9. The Kier molecular flexibility index (Phi) is 3.86. The lowest BCUT2D eigenvalue weighted by Crippen LogP contribution is -1.98. The van der Waals surface area contributed by atoms with Crippen molar-refractivity contribution in [3.63, 3.8) is 0 Å². The standard InChI is InChI=1S/C21H15FN4/c1-14-8-9-18-19(11-14)25-21(24-18)15(13-23)12-16-5-4-10-26(16)20-7-3-2-6-17(20)22/h2-12H,1H3,(H,24,25). The highest BCUT2D eigenvalue weighted by atomic mass is 19.1. The number of halogens is 1. The molecule has 26 heavy (non-hydrogen) atoms. The largest absolute Gasteiger partial charge is 0.337 e. The number of hydrogen-bond acceptors (Lipinski definition) is 2. The predicted molar refractivity (Wildman–Crippen MR) is 100 cm³/mol. The normalized spacial score (nSPS) is 11.7. The number of allylic oxidation sites excluding steroid dienone is 1. The summed E-state index contributed by atoms with van der Waals surface area (Å²) in [6.07, 6.45) is 3.47. The van der Waals surface area contributed by atoms with Gasteiger partial charge in [-0.3, -0.25) is 0 Å². The third-order valence-electron chi connectivity index (χ3n) is 4.20. The minimum absolute atomic E-state index is 0.323. The molecule has 0 aliphatic carbocycles. The second-order valence-electron chi connectivity index (χ2n) is 6.03. The van der Waals surface area contributed by atoms with Crippen LogP contribution >= 0.6 is 0 Å². The number of rotatable bonds is 3. The molecular formula is C21H15FN4. The number of H-pyrrole nitrogens is 1. The molecule has 0 radical (unpaired) electrons. The van der Waals surface area contributed by atoms with Gasteiger partial charge in [-0.2, -0.15) is 5.26 Å². The second-order valence-corrected chi connectivity index (χ2v) is 6.03. The zero-order chi connectivity index (χ0) is 18.1. The Balaban J connectivity index is 1.81. The van der Waals surface area contributed by atoms with Crippen LogP contribution in [0.25, 0.3) is 28.4 Å². The van der Waals surface area contributed by atoms with Gasteiger partial charge in [-0.1, -0.05) is 18.2 Å². The van der Waals surface area contributed by atoms with Crippen LogP contribution in [0.2, 0.25) is 0 Å². The van der Waals surface area contributed by atoms with Crippen LogP contribution in [0.1, 0.15) is 17.1 Å². The molecule has 0 fully saturated rings. The fourth-order valence-corrected chi connectivity index (χ4v) is 2.93. The van der Waals surface area contributed by atoms with E-state index in [2.05, 4.69) is 16.0 Å². The number of benzene rings is 2. The molecule has 0 saturated heterocycles. The molecule has 2 aromatic heterocycles. The lowest BCUT2D eigenvalue weighted by atomic mass is 10.2. The molecule has 2 aromatic carbocycles. The van der Waals surface area contributed by atoms with Crippen LogP contribution in [-0.4, -0.2) is 14.5 Å². The van der Waals surface area contributed by atoms with E-state index in [0.29, 0.717) is 22.8 Å². The summed E-state index contributed by atoms with van der Waals surface area (Å²) in [5.41, 5.74) is 4.31. The van der Waals surface area contributed by atoms with Crippen molar-refractivity contribution in [1.82, 2.24) is 14.5 Å². The van der Waals surface area contributed by atoms with Gasteiger partial charge in [-0.05, 0) is 55.0 Å². The molecule has 1 N–H and O–H groups in total.